The van der Waals surface area contributed by atoms with Crippen LogP contribution >= 0.6 is 11.8 Å². The van der Waals surface area contributed by atoms with E-state index in [4.69, 9.17) is 5.73 Å². The Kier molecular flexibility index (Phi) is 5.43. The standard InChI is InChI=1S/C13H22N2O2S2/c1-13(2,9-14)10-15(3)19(16,17)12-7-5-6-11(8-12)18-4/h5-8H,9-10,14H2,1-4H3. The summed E-state index contributed by atoms with van der Waals surface area (Å²) in [7, 11) is -1.85. The van der Waals surface area contributed by atoms with E-state index in [0.717, 1.165) is 4.90 Å². The molecule has 6 heteroatoms. The van der Waals surface area contributed by atoms with Crippen molar-refractivity contribution in [1.82, 2.24) is 4.31 Å². The van der Waals surface area contributed by atoms with Crippen molar-refractivity contribution < 1.29 is 8.42 Å². The van der Waals surface area contributed by atoms with Gasteiger partial charge in [0.2, 0.25) is 10.0 Å². The zero-order valence-electron chi connectivity index (χ0n) is 11.9. The Balaban J connectivity index is 3.03. The summed E-state index contributed by atoms with van der Waals surface area (Å²) >= 11 is 1.53. The van der Waals surface area contributed by atoms with Crippen LogP contribution in [0.25, 0.3) is 0 Å². The van der Waals surface area contributed by atoms with Gasteiger partial charge in [0.15, 0.2) is 0 Å². The van der Waals surface area contributed by atoms with Crippen molar-refractivity contribution in [2.75, 3.05) is 26.4 Å². The molecule has 0 fully saturated rings. The van der Waals surface area contributed by atoms with Crippen LogP contribution in [0.1, 0.15) is 13.8 Å². The minimum absolute atomic E-state index is 0.237. The third kappa shape index (κ3) is 4.21. The van der Waals surface area contributed by atoms with Gasteiger partial charge in [0.25, 0.3) is 0 Å². The molecule has 0 aliphatic carbocycles. The summed E-state index contributed by atoms with van der Waals surface area (Å²) in [5, 5.41) is 0. The van der Waals surface area contributed by atoms with E-state index in [9.17, 15) is 8.42 Å². The van der Waals surface area contributed by atoms with Gasteiger partial charge in [-0.1, -0.05) is 19.9 Å². The third-order valence-electron chi connectivity index (χ3n) is 2.95. The molecule has 0 atom stereocenters. The summed E-state index contributed by atoms with van der Waals surface area (Å²) in [6, 6.07) is 6.99. The van der Waals surface area contributed by atoms with E-state index >= 15 is 0 Å². The minimum atomic E-state index is -3.45. The molecule has 4 nitrogen and oxygen atoms in total. The van der Waals surface area contributed by atoms with Gasteiger partial charge in [0, 0.05) is 18.5 Å². The van der Waals surface area contributed by atoms with Gasteiger partial charge in [-0.15, -0.1) is 11.8 Å². The second-order valence-corrected chi connectivity index (χ2v) is 8.23. The van der Waals surface area contributed by atoms with E-state index in [1.165, 1.54) is 16.1 Å². The average molecular weight is 302 g/mol. The number of nitrogens with two attached hydrogens (primary N) is 1. The molecule has 0 aliphatic heterocycles. The number of benzene rings is 1. The van der Waals surface area contributed by atoms with Gasteiger partial charge < -0.3 is 5.73 Å². The van der Waals surface area contributed by atoms with E-state index < -0.39 is 10.0 Å². The zero-order valence-corrected chi connectivity index (χ0v) is 13.5. The fourth-order valence-electron chi connectivity index (χ4n) is 1.69. The molecule has 0 aromatic heterocycles. The maximum Gasteiger partial charge on any atom is 0.242 e. The predicted molar refractivity (Wildman–Crippen MR) is 80.9 cm³/mol. The highest BCUT2D eigenvalue weighted by Gasteiger charge is 2.27. The van der Waals surface area contributed by atoms with E-state index in [1.54, 1.807) is 25.2 Å². The van der Waals surface area contributed by atoms with Gasteiger partial charge in [-0.3, -0.25) is 0 Å². The van der Waals surface area contributed by atoms with Crippen LogP contribution in [0, 0.1) is 5.41 Å². The normalized spacial score (nSPS) is 12.9. The van der Waals surface area contributed by atoms with Crippen LogP contribution in [0.4, 0.5) is 0 Å². The smallest absolute Gasteiger partial charge is 0.242 e. The summed E-state index contributed by atoms with van der Waals surface area (Å²) in [5.41, 5.74) is 5.42. The highest BCUT2D eigenvalue weighted by molar-refractivity contribution is 7.98. The Labute approximate surface area is 120 Å². The molecule has 0 heterocycles. The molecule has 0 unspecified atom stereocenters. The van der Waals surface area contributed by atoms with Gasteiger partial charge >= 0.3 is 0 Å². The van der Waals surface area contributed by atoms with Crippen molar-refractivity contribution in [3.63, 3.8) is 0 Å². The van der Waals surface area contributed by atoms with Crippen molar-refractivity contribution in [2.24, 2.45) is 11.1 Å². The highest BCUT2D eigenvalue weighted by atomic mass is 32.2. The molecular formula is C13H22N2O2S2. The lowest BCUT2D eigenvalue weighted by molar-refractivity contribution is 0.292. The van der Waals surface area contributed by atoms with Crippen LogP contribution in [0.15, 0.2) is 34.1 Å². The molecule has 108 valence electrons. The molecule has 0 spiro atoms. The lowest BCUT2D eigenvalue weighted by Gasteiger charge is -2.28. The first-order valence-electron chi connectivity index (χ1n) is 6.03. The third-order valence-corrected chi connectivity index (χ3v) is 5.48. The van der Waals surface area contributed by atoms with Crippen LogP contribution in [-0.2, 0) is 10.0 Å². The van der Waals surface area contributed by atoms with Crippen molar-refractivity contribution in [3.8, 4) is 0 Å². The summed E-state index contributed by atoms with van der Waals surface area (Å²) in [5.74, 6) is 0. The molecule has 0 saturated carbocycles. The molecule has 0 radical (unpaired) electrons. The summed E-state index contributed by atoms with van der Waals surface area (Å²) in [4.78, 5) is 1.27. The minimum Gasteiger partial charge on any atom is -0.330 e. The molecule has 1 rings (SSSR count). The van der Waals surface area contributed by atoms with Crippen molar-refractivity contribution in [2.45, 2.75) is 23.6 Å². The molecule has 0 aliphatic rings. The number of sulfonamides is 1. The van der Waals surface area contributed by atoms with Crippen LogP contribution < -0.4 is 5.73 Å². The summed E-state index contributed by atoms with van der Waals surface area (Å²) < 4.78 is 26.3. The molecule has 19 heavy (non-hydrogen) atoms. The zero-order chi connectivity index (χ0) is 14.7. The Hall–Kier alpha value is -0.560. The lowest BCUT2D eigenvalue weighted by Crippen LogP contribution is -2.39. The Morgan fingerprint density at radius 3 is 2.53 bits per heavy atom. The Morgan fingerprint density at radius 2 is 2.00 bits per heavy atom. The second-order valence-electron chi connectivity index (χ2n) is 5.31. The maximum absolute atomic E-state index is 12.5. The molecule has 1 aromatic carbocycles. The molecular weight excluding hydrogens is 280 g/mol. The fraction of sp³-hybridized carbons (Fsp3) is 0.538. The Morgan fingerprint density at radius 1 is 1.37 bits per heavy atom. The molecule has 0 amide bonds. The van der Waals surface area contributed by atoms with Crippen LogP contribution in [-0.4, -0.2) is 39.1 Å². The van der Waals surface area contributed by atoms with E-state index in [-0.39, 0.29) is 5.41 Å². The van der Waals surface area contributed by atoms with Gasteiger partial charge in [-0.2, -0.15) is 0 Å². The van der Waals surface area contributed by atoms with Gasteiger partial charge in [-0.05, 0) is 36.4 Å². The number of nitrogens with zero attached hydrogens (tertiary/aromatic N) is 1. The monoisotopic (exact) mass is 302 g/mol. The number of hydrogen-bond donors (Lipinski definition) is 1. The van der Waals surface area contributed by atoms with Gasteiger partial charge in [0.05, 0.1) is 4.90 Å². The second kappa shape index (κ2) is 6.26. The van der Waals surface area contributed by atoms with Crippen molar-refractivity contribution in [3.05, 3.63) is 24.3 Å². The van der Waals surface area contributed by atoms with Crippen LogP contribution in [0.2, 0.25) is 0 Å². The number of hydrogen-bond acceptors (Lipinski definition) is 4. The summed E-state index contributed by atoms with van der Waals surface area (Å²) in [6.45, 7) is 4.75. The topological polar surface area (TPSA) is 63.4 Å². The molecule has 0 bridgehead atoms. The number of thioether (sulfide) groups is 1. The SMILES string of the molecule is CSc1cccc(S(=O)(=O)N(C)CC(C)(C)CN)c1. The molecule has 2 N–H and O–H groups in total. The first kappa shape index (κ1) is 16.5. The molecule has 1 aromatic rings. The van der Waals surface area contributed by atoms with Crippen molar-refractivity contribution >= 4 is 21.8 Å². The first-order valence-corrected chi connectivity index (χ1v) is 8.70. The van der Waals surface area contributed by atoms with E-state index in [2.05, 4.69) is 0 Å². The average Bonchev–Trinajstić information content (AvgIpc) is 2.38. The van der Waals surface area contributed by atoms with Crippen LogP contribution in [0.5, 0.6) is 0 Å². The van der Waals surface area contributed by atoms with Gasteiger partial charge in [0.1, 0.15) is 0 Å². The first-order chi connectivity index (χ1) is 8.73. The van der Waals surface area contributed by atoms with Gasteiger partial charge in [-0.25, -0.2) is 12.7 Å². The van der Waals surface area contributed by atoms with Crippen molar-refractivity contribution in [1.29, 1.82) is 0 Å². The lowest BCUT2D eigenvalue weighted by atomic mass is 9.94. The van der Waals surface area contributed by atoms with E-state index in [1.807, 2.05) is 26.2 Å². The quantitative estimate of drug-likeness (QED) is 0.817. The van der Waals surface area contributed by atoms with E-state index in [0.29, 0.717) is 18.0 Å². The Bertz CT molecular complexity index is 527. The molecule has 0 saturated heterocycles. The fourth-order valence-corrected chi connectivity index (χ4v) is 3.63. The predicted octanol–water partition coefficient (Wildman–Crippen LogP) is 2.01. The summed E-state index contributed by atoms with van der Waals surface area (Å²) in [6.07, 6.45) is 1.92. The van der Waals surface area contributed by atoms with Crippen LogP contribution in [0.3, 0.4) is 0 Å². The largest absolute Gasteiger partial charge is 0.330 e. The number of rotatable bonds is 6. The maximum atomic E-state index is 12.5. The highest BCUT2D eigenvalue weighted by Crippen LogP contribution is 2.23.